The van der Waals surface area contributed by atoms with E-state index < -0.39 is 12.1 Å². The Labute approximate surface area is 68.1 Å². The lowest BCUT2D eigenvalue weighted by Gasteiger charge is -1.96. The molecule has 64 valence electrons. The zero-order valence-electron chi connectivity index (χ0n) is 6.66. The Hall–Kier alpha value is -0.630. The summed E-state index contributed by atoms with van der Waals surface area (Å²) in [5.74, 6) is -0.495. The molecule has 0 spiro atoms. The molecule has 1 atom stereocenters. The van der Waals surface area contributed by atoms with E-state index in [1.165, 1.54) is 6.42 Å². The minimum Gasteiger partial charge on any atom is -0.375 e. The highest BCUT2D eigenvalue weighted by molar-refractivity contribution is 7.14. The number of hydrogen-bond donors (Lipinski definition) is 0. The molecule has 0 N–H and O–H groups in total. The Morgan fingerprint density at radius 3 is 2.09 bits per heavy atom. The van der Waals surface area contributed by atoms with E-state index in [2.05, 4.69) is 28.0 Å². The summed E-state index contributed by atoms with van der Waals surface area (Å²) in [6.45, 7) is 4.30. The molecule has 1 unspecified atom stereocenters. The maximum Gasteiger partial charge on any atom is 0.420 e. The van der Waals surface area contributed by atoms with E-state index in [-0.39, 0.29) is 6.54 Å². The van der Waals surface area contributed by atoms with Gasteiger partial charge in [-0.3, -0.25) is 4.67 Å². The third-order valence-corrected chi connectivity index (χ3v) is 1.13. The average molecular weight is 177 g/mol. The van der Waals surface area contributed by atoms with Gasteiger partial charge in [-0.05, 0) is 9.39 Å². The first-order valence-corrected chi connectivity index (χ1v) is 3.90. The largest absolute Gasteiger partial charge is 0.420 e. The first kappa shape index (κ1) is 10.4. The van der Waals surface area contributed by atoms with Crippen LogP contribution in [0.15, 0.2) is 0 Å². The molecule has 1 amide bonds. The van der Waals surface area contributed by atoms with Crippen LogP contribution >= 0.6 is 9.39 Å². The molecule has 0 aromatic heterocycles. The molecule has 1 aliphatic heterocycles. The summed E-state index contributed by atoms with van der Waals surface area (Å²) < 4.78 is 5.23. The molecule has 1 fully saturated rings. The highest BCUT2D eigenvalue weighted by Crippen LogP contribution is 2.08. The topological polar surface area (TPSA) is 46.6 Å². The van der Waals surface area contributed by atoms with E-state index in [1.54, 1.807) is 0 Å². The van der Waals surface area contributed by atoms with Crippen LogP contribution in [-0.4, -0.2) is 23.3 Å². The van der Waals surface area contributed by atoms with Gasteiger partial charge in [0.2, 0.25) is 0 Å². The van der Waals surface area contributed by atoms with Crippen molar-refractivity contribution in [2.75, 3.05) is 6.54 Å². The summed E-state index contributed by atoms with van der Waals surface area (Å²) in [4.78, 5) is 20.4. The van der Waals surface area contributed by atoms with Gasteiger partial charge in [-0.2, -0.15) is 0 Å². The van der Waals surface area contributed by atoms with Gasteiger partial charge in [-0.1, -0.05) is 20.3 Å². The van der Waals surface area contributed by atoms with Crippen LogP contribution in [0.25, 0.3) is 0 Å². The summed E-state index contributed by atoms with van der Waals surface area (Å²) in [6, 6.07) is 0. The lowest BCUT2D eigenvalue weighted by Crippen LogP contribution is -2.10. The summed E-state index contributed by atoms with van der Waals surface area (Å²) in [5.41, 5.74) is 0. The molecular weight excluding hydrogens is 165 g/mol. The predicted molar refractivity (Wildman–Crippen MR) is 43.9 cm³/mol. The molecule has 1 saturated heterocycles. The van der Waals surface area contributed by atoms with Gasteiger partial charge in [-0.15, -0.1) is 0 Å². The fourth-order valence-corrected chi connectivity index (χ4v) is 0.594. The van der Waals surface area contributed by atoms with Crippen molar-refractivity contribution < 1.29 is 14.3 Å². The SMILES string of the molecule is CCC.O=C1CN(P)C(=O)O1. The van der Waals surface area contributed by atoms with Crippen molar-refractivity contribution >= 4 is 21.5 Å². The molecule has 11 heavy (non-hydrogen) atoms. The number of rotatable bonds is 0. The van der Waals surface area contributed by atoms with Gasteiger partial charge < -0.3 is 4.74 Å². The molecule has 0 aromatic rings. The van der Waals surface area contributed by atoms with Crippen molar-refractivity contribution in [3.63, 3.8) is 0 Å². The van der Waals surface area contributed by atoms with Crippen LogP contribution in [0.2, 0.25) is 0 Å². The van der Waals surface area contributed by atoms with Crippen molar-refractivity contribution in [1.82, 2.24) is 4.67 Å². The van der Waals surface area contributed by atoms with Gasteiger partial charge in [-0.25, -0.2) is 9.59 Å². The Bertz CT molecular complexity index is 160. The molecule has 1 aliphatic rings. The number of amides is 1. The van der Waals surface area contributed by atoms with Crippen LogP contribution < -0.4 is 0 Å². The second kappa shape index (κ2) is 5.08. The third kappa shape index (κ3) is 3.94. The molecular formula is C6H12NO3P. The summed E-state index contributed by atoms with van der Waals surface area (Å²) >= 11 is 0. The molecule has 4 nitrogen and oxygen atoms in total. The van der Waals surface area contributed by atoms with Crippen LogP contribution in [0.5, 0.6) is 0 Å². The smallest absolute Gasteiger partial charge is 0.375 e. The second-order valence-corrected chi connectivity index (χ2v) is 2.70. The third-order valence-electron chi connectivity index (χ3n) is 0.735. The monoisotopic (exact) mass is 177 g/mol. The average Bonchev–Trinajstić information content (AvgIpc) is 2.12. The number of esters is 1. The molecule has 1 heterocycles. The van der Waals surface area contributed by atoms with Gasteiger partial charge in [0.25, 0.3) is 0 Å². The normalized spacial score (nSPS) is 15.7. The maximum absolute atomic E-state index is 10.2. The fourth-order valence-electron chi connectivity index (χ4n) is 0.392. The van der Waals surface area contributed by atoms with Crippen molar-refractivity contribution in [2.24, 2.45) is 0 Å². The van der Waals surface area contributed by atoms with Crippen molar-refractivity contribution in [3.8, 4) is 0 Å². The summed E-state index contributed by atoms with van der Waals surface area (Å²) in [7, 11) is 2.07. The predicted octanol–water partition coefficient (Wildman–Crippen LogP) is 1.17. The standard InChI is InChI=1S/C3H4NO3P.C3H8/c5-2-1-4(8)3(6)7-2;1-3-2/h1,8H2;3H2,1-2H3. The highest BCUT2D eigenvalue weighted by atomic mass is 31.0. The van der Waals surface area contributed by atoms with Gasteiger partial charge in [0, 0.05) is 0 Å². The quantitative estimate of drug-likeness (QED) is 0.317. The molecule has 0 aromatic carbocycles. The fraction of sp³-hybridized carbons (Fsp3) is 0.667. The summed E-state index contributed by atoms with van der Waals surface area (Å²) in [6.07, 6.45) is 0.653. The first-order valence-electron chi connectivity index (χ1n) is 3.38. The molecule has 0 saturated carbocycles. The van der Waals surface area contributed by atoms with Crippen molar-refractivity contribution in [1.29, 1.82) is 0 Å². The highest BCUT2D eigenvalue weighted by Gasteiger charge is 2.25. The van der Waals surface area contributed by atoms with Gasteiger partial charge in [0.15, 0.2) is 0 Å². The van der Waals surface area contributed by atoms with Crippen LogP contribution in [0, 0.1) is 0 Å². The molecule has 0 radical (unpaired) electrons. The molecule has 0 bridgehead atoms. The van der Waals surface area contributed by atoms with E-state index in [0.717, 1.165) is 4.67 Å². The first-order chi connectivity index (χ1) is 5.11. The van der Waals surface area contributed by atoms with E-state index in [1.807, 2.05) is 0 Å². The number of cyclic esters (lactones) is 2. The second-order valence-electron chi connectivity index (χ2n) is 2.07. The van der Waals surface area contributed by atoms with Gasteiger partial charge in [0.1, 0.15) is 6.54 Å². The van der Waals surface area contributed by atoms with E-state index in [4.69, 9.17) is 0 Å². The van der Waals surface area contributed by atoms with Crippen LogP contribution in [0.3, 0.4) is 0 Å². The number of hydrogen-bond acceptors (Lipinski definition) is 3. The Morgan fingerprint density at radius 2 is 2.00 bits per heavy atom. The Kier molecular flexibility index (Phi) is 4.79. The Morgan fingerprint density at radius 1 is 1.55 bits per heavy atom. The number of nitrogens with zero attached hydrogens (tertiary/aromatic N) is 1. The van der Waals surface area contributed by atoms with E-state index >= 15 is 0 Å². The van der Waals surface area contributed by atoms with Crippen molar-refractivity contribution in [3.05, 3.63) is 0 Å². The lowest BCUT2D eigenvalue weighted by molar-refractivity contribution is -0.132. The van der Waals surface area contributed by atoms with Crippen LogP contribution in [0.4, 0.5) is 4.79 Å². The van der Waals surface area contributed by atoms with E-state index in [9.17, 15) is 9.59 Å². The van der Waals surface area contributed by atoms with Crippen molar-refractivity contribution in [2.45, 2.75) is 20.3 Å². The number of ether oxygens (including phenoxy) is 1. The van der Waals surface area contributed by atoms with Crippen LogP contribution in [0.1, 0.15) is 20.3 Å². The zero-order valence-corrected chi connectivity index (χ0v) is 7.82. The maximum atomic E-state index is 10.2. The zero-order chi connectivity index (χ0) is 8.85. The van der Waals surface area contributed by atoms with Gasteiger partial charge in [0.05, 0.1) is 0 Å². The molecule has 0 aliphatic carbocycles. The summed E-state index contributed by atoms with van der Waals surface area (Å²) in [5, 5.41) is 0. The minimum absolute atomic E-state index is 0.0451. The van der Waals surface area contributed by atoms with E-state index in [0.29, 0.717) is 0 Å². The minimum atomic E-state index is -0.597. The number of carbonyl (C=O) groups is 2. The number of carbonyl (C=O) groups excluding carboxylic acids is 2. The van der Waals surface area contributed by atoms with Gasteiger partial charge >= 0.3 is 12.1 Å². The Balaban J connectivity index is 0.000000292. The molecule has 1 rings (SSSR count). The van der Waals surface area contributed by atoms with Crippen LogP contribution in [-0.2, 0) is 9.53 Å². The lowest BCUT2D eigenvalue weighted by atomic mass is 10.6. The molecule has 5 heteroatoms.